The van der Waals surface area contributed by atoms with Crippen molar-refractivity contribution in [2.75, 3.05) is 6.61 Å². The normalized spacial score (nSPS) is 29.4. The highest BCUT2D eigenvalue weighted by Crippen LogP contribution is 2.44. The predicted molar refractivity (Wildman–Crippen MR) is 47.9 cm³/mol. The smallest absolute Gasteiger partial charge is 0.247 e. The van der Waals surface area contributed by atoms with Crippen LogP contribution < -0.4 is 11.1 Å². The van der Waals surface area contributed by atoms with Gasteiger partial charge in [0.1, 0.15) is 0 Å². The van der Waals surface area contributed by atoms with Crippen LogP contribution in [-0.2, 0) is 4.79 Å². The molecule has 2 rings (SSSR count). The Bertz CT molecular complexity index is 269. The van der Waals surface area contributed by atoms with Crippen LogP contribution in [0.2, 0.25) is 0 Å². The molecule has 4 heteroatoms. The fourth-order valence-electron chi connectivity index (χ4n) is 1.71. The molecule has 0 bridgehead atoms. The molecule has 1 atom stereocenters. The zero-order valence-corrected chi connectivity index (χ0v) is 7.42. The van der Waals surface area contributed by atoms with Crippen molar-refractivity contribution in [1.29, 1.82) is 0 Å². The summed E-state index contributed by atoms with van der Waals surface area (Å²) >= 11 is 0. The van der Waals surface area contributed by atoms with Crippen LogP contribution in [0.25, 0.3) is 0 Å². The summed E-state index contributed by atoms with van der Waals surface area (Å²) in [6.45, 7) is -0.107. The molecule has 2 fully saturated rings. The van der Waals surface area contributed by atoms with Crippen molar-refractivity contribution < 1.29 is 9.90 Å². The number of hydrogen-bond acceptors (Lipinski definition) is 3. The van der Waals surface area contributed by atoms with Crippen molar-refractivity contribution in [2.45, 2.75) is 30.8 Å². The van der Waals surface area contributed by atoms with E-state index in [1.54, 1.807) is 6.08 Å². The van der Waals surface area contributed by atoms with Crippen LogP contribution in [-0.4, -0.2) is 29.2 Å². The van der Waals surface area contributed by atoms with Gasteiger partial charge in [0.2, 0.25) is 5.91 Å². The van der Waals surface area contributed by atoms with Gasteiger partial charge in [-0.05, 0) is 12.8 Å². The molecule has 0 radical (unpaired) electrons. The molecule has 1 amide bonds. The van der Waals surface area contributed by atoms with Crippen LogP contribution in [0.4, 0.5) is 0 Å². The monoisotopic (exact) mass is 182 g/mol. The Morgan fingerprint density at radius 1 is 1.69 bits per heavy atom. The minimum absolute atomic E-state index is 0.0126. The van der Waals surface area contributed by atoms with Crippen molar-refractivity contribution in [3.8, 4) is 0 Å². The number of aliphatic hydroxyl groups excluding tert-OH is 1. The third-order valence-corrected chi connectivity index (χ3v) is 2.68. The fraction of sp³-hybridized carbons (Fsp3) is 0.667. The minimum Gasteiger partial charge on any atom is -0.394 e. The van der Waals surface area contributed by atoms with Crippen LogP contribution in [0.3, 0.4) is 0 Å². The fourth-order valence-corrected chi connectivity index (χ4v) is 1.71. The topological polar surface area (TPSA) is 75.3 Å². The maximum Gasteiger partial charge on any atom is 0.247 e. The Hall–Kier alpha value is -0.870. The molecule has 13 heavy (non-hydrogen) atoms. The summed E-state index contributed by atoms with van der Waals surface area (Å²) < 4.78 is 0. The van der Waals surface area contributed by atoms with Gasteiger partial charge in [0.25, 0.3) is 0 Å². The van der Waals surface area contributed by atoms with E-state index in [-0.39, 0.29) is 18.1 Å². The Morgan fingerprint density at radius 3 is 2.85 bits per heavy atom. The number of rotatable bonds is 2. The predicted octanol–water partition coefficient (Wildman–Crippen LogP) is -0.715. The lowest BCUT2D eigenvalue weighted by Crippen LogP contribution is -2.27. The molecule has 2 aliphatic rings. The molecular formula is C9H14N2O2. The summed E-state index contributed by atoms with van der Waals surface area (Å²) in [5.41, 5.74) is 6.32. The van der Waals surface area contributed by atoms with E-state index >= 15 is 0 Å². The van der Waals surface area contributed by atoms with E-state index in [0.717, 1.165) is 24.8 Å². The lowest BCUT2D eigenvalue weighted by Gasteiger charge is -2.02. The lowest BCUT2D eigenvalue weighted by molar-refractivity contribution is -0.116. The van der Waals surface area contributed by atoms with E-state index in [0.29, 0.717) is 0 Å². The average Bonchev–Trinajstić information content (AvgIpc) is 2.75. The Morgan fingerprint density at radius 2 is 2.38 bits per heavy atom. The highest BCUT2D eigenvalue weighted by Gasteiger charge is 2.49. The van der Waals surface area contributed by atoms with Gasteiger partial charge >= 0.3 is 0 Å². The van der Waals surface area contributed by atoms with Gasteiger partial charge in [-0.25, -0.2) is 0 Å². The second-order valence-electron chi connectivity index (χ2n) is 3.95. The van der Waals surface area contributed by atoms with Gasteiger partial charge in [-0.2, -0.15) is 0 Å². The summed E-state index contributed by atoms with van der Waals surface area (Å²) in [5, 5.41) is 11.7. The second-order valence-corrected chi connectivity index (χ2v) is 3.95. The van der Waals surface area contributed by atoms with Gasteiger partial charge in [-0.1, -0.05) is 6.08 Å². The van der Waals surface area contributed by atoms with Crippen LogP contribution >= 0.6 is 0 Å². The number of nitrogens with one attached hydrogen (secondary N) is 1. The molecule has 1 saturated carbocycles. The number of carbonyl (C=O) groups excluding carboxylic acids is 1. The molecule has 1 heterocycles. The van der Waals surface area contributed by atoms with Gasteiger partial charge in [0, 0.05) is 23.6 Å². The van der Waals surface area contributed by atoms with Crippen molar-refractivity contribution in [3.05, 3.63) is 11.6 Å². The first-order valence-corrected chi connectivity index (χ1v) is 4.55. The molecular weight excluding hydrogens is 168 g/mol. The minimum atomic E-state index is -0.408. The highest BCUT2D eigenvalue weighted by molar-refractivity contribution is 5.97. The van der Waals surface area contributed by atoms with Crippen LogP contribution in [0.1, 0.15) is 19.3 Å². The standard InChI is InChI=1S/C9H14N2O2/c10-7(5-12)3-6-4-9(1-2-9)11-8(6)13/h3,7,12H,1-2,4-5,10H2,(H,11,13)/b6-3+/t7-/m0/s1. The van der Waals surface area contributed by atoms with Crippen LogP contribution in [0.5, 0.6) is 0 Å². The number of nitrogens with two attached hydrogens (primary N) is 1. The van der Waals surface area contributed by atoms with E-state index in [1.807, 2.05) is 0 Å². The van der Waals surface area contributed by atoms with Gasteiger partial charge in [-0.3, -0.25) is 4.79 Å². The molecule has 1 spiro atoms. The van der Waals surface area contributed by atoms with Crippen LogP contribution in [0.15, 0.2) is 11.6 Å². The van der Waals surface area contributed by atoms with Crippen molar-refractivity contribution in [1.82, 2.24) is 5.32 Å². The summed E-state index contributed by atoms with van der Waals surface area (Å²) in [4.78, 5) is 11.4. The van der Waals surface area contributed by atoms with E-state index in [2.05, 4.69) is 5.32 Å². The largest absolute Gasteiger partial charge is 0.394 e. The molecule has 1 aliphatic carbocycles. The molecule has 4 N–H and O–H groups in total. The Labute approximate surface area is 76.8 Å². The third kappa shape index (κ3) is 1.59. The van der Waals surface area contributed by atoms with Crippen LogP contribution in [0, 0.1) is 0 Å². The zero-order chi connectivity index (χ0) is 9.47. The summed E-state index contributed by atoms with van der Waals surface area (Å²) in [5.74, 6) is -0.0126. The van der Waals surface area contributed by atoms with E-state index < -0.39 is 6.04 Å². The van der Waals surface area contributed by atoms with E-state index in [4.69, 9.17) is 10.8 Å². The SMILES string of the molecule is N[C@@H](/C=C1\CC2(CC2)NC1=O)CO. The first kappa shape index (κ1) is 8.72. The molecule has 1 aliphatic heterocycles. The molecule has 0 unspecified atom stereocenters. The summed E-state index contributed by atoms with van der Waals surface area (Å²) in [7, 11) is 0. The first-order valence-electron chi connectivity index (χ1n) is 4.55. The van der Waals surface area contributed by atoms with Gasteiger partial charge in [-0.15, -0.1) is 0 Å². The summed E-state index contributed by atoms with van der Waals surface area (Å²) in [6, 6.07) is -0.408. The van der Waals surface area contributed by atoms with Crippen molar-refractivity contribution in [3.63, 3.8) is 0 Å². The van der Waals surface area contributed by atoms with Crippen molar-refractivity contribution in [2.24, 2.45) is 5.73 Å². The average molecular weight is 182 g/mol. The molecule has 0 aromatic rings. The molecule has 1 saturated heterocycles. The molecule has 4 nitrogen and oxygen atoms in total. The Balaban J connectivity index is 2.08. The Kier molecular flexibility index (Phi) is 1.89. The quantitative estimate of drug-likeness (QED) is 0.493. The molecule has 72 valence electrons. The van der Waals surface area contributed by atoms with E-state index in [1.165, 1.54) is 0 Å². The molecule has 0 aromatic carbocycles. The van der Waals surface area contributed by atoms with Gasteiger partial charge in [0.15, 0.2) is 0 Å². The van der Waals surface area contributed by atoms with Crippen molar-refractivity contribution >= 4 is 5.91 Å². The van der Waals surface area contributed by atoms with E-state index in [9.17, 15) is 4.79 Å². The second kappa shape index (κ2) is 2.82. The van der Waals surface area contributed by atoms with Gasteiger partial charge in [0.05, 0.1) is 6.61 Å². The zero-order valence-electron chi connectivity index (χ0n) is 7.42. The molecule has 0 aromatic heterocycles. The highest BCUT2D eigenvalue weighted by atomic mass is 16.3. The number of hydrogen-bond donors (Lipinski definition) is 3. The maximum atomic E-state index is 11.4. The van der Waals surface area contributed by atoms with Gasteiger partial charge < -0.3 is 16.2 Å². The number of aliphatic hydroxyl groups is 1. The first-order chi connectivity index (χ1) is 6.15. The maximum absolute atomic E-state index is 11.4. The lowest BCUT2D eigenvalue weighted by atomic mass is 10.1. The number of carbonyl (C=O) groups is 1. The summed E-state index contributed by atoms with van der Waals surface area (Å²) in [6.07, 6.45) is 4.59. The third-order valence-electron chi connectivity index (χ3n) is 2.68. The number of amides is 1.